The van der Waals surface area contributed by atoms with Gasteiger partial charge in [-0.1, -0.05) is 0 Å². The summed E-state index contributed by atoms with van der Waals surface area (Å²) < 4.78 is 87.5. The van der Waals surface area contributed by atoms with E-state index in [2.05, 4.69) is 13.7 Å². The third-order valence-corrected chi connectivity index (χ3v) is 4.77. The SMILES string of the molecule is CC(=O)N[C@@H]1[C@H](OS(C)(=O)=O)[C@@H](OS(C)(=O)=O)[C@@H](O)O[C@@H]1COS(C)(=O)=O. The van der Waals surface area contributed by atoms with Crippen LogP contribution in [0.3, 0.4) is 0 Å². The summed E-state index contributed by atoms with van der Waals surface area (Å²) in [7, 11) is -12.4. The first-order valence-electron chi connectivity index (χ1n) is 7.20. The Kier molecular flexibility index (Phi) is 7.73. The summed E-state index contributed by atoms with van der Waals surface area (Å²) in [6.45, 7) is 0.333. The van der Waals surface area contributed by atoms with Crippen LogP contribution >= 0.6 is 0 Å². The maximum absolute atomic E-state index is 11.6. The summed E-state index contributed by atoms with van der Waals surface area (Å²) in [5.41, 5.74) is 0. The molecule has 16 heteroatoms. The number of nitrogens with one attached hydrogen (secondary N) is 1. The molecular weight excluding hydrogens is 434 g/mol. The van der Waals surface area contributed by atoms with Gasteiger partial charge < -0.3 is 15.2 Å². The zero-order valence-corrected chi connectivity index (χ0v) is 17.2. The molecule has 1 fully saturated rings. The minimum atomic E-state index is -4.22. The lowest BCUT2D eigenvalue weighted by molar-refractivity contribution is -0.248. The van der Waals surface area contributed by atoms with Gasteiger partial charge in [0.15, 0.2) is 12.4 Å². The van der Waals surface area contributed by atoms with E-state index in [-0.39, 0.29) is 0 Å². The number of hydrogen-bond acceptors (Lipinski definition) is 12. The van der Waals surface area contributed by atoms with Gasteiger partial charge in [0.1, 0.15) is 12.2 Å². The van der Waals surface area contributed by atoms with Gasteiger partial charge in [0.2, 0.25) is 5.91 Å². The first-order valence-corrected chi connectivity index (χ1v) is 12.6. The largest absolute Gasteiger partial charge is 0.366 e. The fourth-order valence-corrected chi connectivity index (χ4v) is 3.91. The monoisotopic (exact) mass is 455 g/mol. The molecule has 0 radical (unpaired) electrons. The maximum Gasteiger partial charge on any atom is 0.264 e. The van der Waals surface area contributed by atoms with Gasteiger partial charge in [-0.05, 0) is 0 Å². The topological polar surface area (TPSA) is 189 Å². The van der Waals surface area contributed by atoms with E-state index in [1.54, 1.807) is 0 Å². The number of rotatable bonds is 8. The summed E-state index contributed by atoms with van der Waals surface area (Å²) in [6.07, 6.45) is -5.06. The van der Waals surface area contributed by atoms with Crippen molar-refractivity contribution < 1.29 is 52.4 Å². The van der Waals surface area contributed by atoms with Gasteiger partial charge in [0, 0.05) is 6.92 Å². The second-order valence-corrected chi connectivity index (χ2v) is 10.7. The van der Waals surface area contributed by atoms with Crippen molar-refractivity contribution >= 4 is 36.3 Å². The molecule has 13 nitrogen and oxygen atoms in total. The van der Waals surface area contributed by atoms with Gasteiger partial charge >= 0.3 is 0 Å². The van der Waals surface area contributed by atoms with Gasteiger partial charge in [-0.15, -0.1) is 0 Å². The Bertz CT molecular complexity index is 849. The molecule has 0 unspecified atom stereocenters. The van der Waals surface area contributed by atoms with Crippen LogP contribution in [0.1, 0.15) is 6.92 Å². The molecule has 1 saturated heterocycles. The smallest absolute Gasteiger partial charge is 0.264 e. The van der Waals surface area contributed by atoms with Crippen LogP contribution < -0.4 is 5.32 Å². The van der Waals surface area contributed by atoms with Crippen LogP contribution in [0.25, 0.3) is 0 Å². The molecule has 160 valence electrons. The molecule has 1 rings (SSSR count). The van der Waals surface area contributed by atoms with Crippen molar-refractivity contribution in [3.05, 3.63) is 0 Å². The summed E-state index contributed by atoms with van der Waals surface area (Å²) in [5, 5.41) is 12.3. The Morgan fingerprint density at radius 2 is 1.44 bits per heavy atom. The molecule has 1 heterocycles. The molecule has 1 amide bonds. The lowest BCUT2D eigenvalue weighted by Crippen LogP contribution is -2.66. The summed E-state index contributed by atoms with van der Waals surface area (Å²) in [6, 6.07) is -1.44. The number of ether oxygens (including phenoxy) is 1. The number of aliphatic hydroxyl groups excluding tert-OH is 1. The Morgan fingerprint density at radius 3 is 1.85 bits per heavy atom. The fraction of sp³-hybridized carbons (Fsp3) is 0.909. The second kappa shape index (κ2) is 8.64. The molecule has 0 spiro atoms. The molecule has 2 N–H and O–H groups in total. The normalized spacial score (nSPS) is 30.0. The van der Waals surface area contributed by atoms with E-state index in [1.807, 2.05) is 0 Å². The molecule has 5 atom stereocenters. The lowest BCUT2D eigenvalue weighted by atomic mass is 9.96. The molecule has 0 aromatic rings. The van der Waals surface area contributed by atoms with E-state index in [9.17, 15) is 35.2 Å². The van der Waals surface area contributed by atoms with Crippen LogP contribution in [-0.2, 0) is 52.4 Å². The molecular formula is C11H21NO12S3. The average molecular weight is 455 g/mol. The van der Waals surface area contributed by atoms with E-state index >= 15 is 0 Å². The number of amides is 1. The predicted octanol–water partition coefficient (Wildman–Crippen LogP) is -3.13. The molecule has 1 aliphatic heterocycles. The van der Waals surface area contributed by atoms with Gasteiger partial charge in [-0.3, -0.25) is 17.3 Å². The van der Waals surface area contributed by atoms with Gasteiger partial charge in [0.25, 0.3) is 30.4 Å². The van der Waals surface area contributed by atoms with Crippen molar-refractivity contribution in [1.29, 1.82) is 0 Å². The van der Waals surface area contributed by atoms with E-state index < -0.39 is 73.5 Å². The molecule has 0 aromatic heterocycles. The summed E-state index contributed by atoms with van der Waals surface area (Å²) >= 11 is 0. The highest BCUT2D eigenvalue weighted by Crippen LogP contribution is 2.27. The van der Waals surface area contributed by atoms with Crippen LogP contribution in [-0.4, -0.2) is 92.3 Å². The van der Waals surface area contributed by atoms with Gasteiger partial charge in [0.05, 0.1) is 31.4 Å². The van der Waals surface area contributed by atoms with Crippen molar-refractivity contribution in [2.24, 2.45) is 0 Å². The molecule has 27 heavy (non-hydrogen) atoms. The Morgan fingerprint density at radius 1 is 0.963 bits per heavy atom. The zero-order chi connectivity index (χ0) is 21.2. The highest BCUT2D eigenvalue weighted by atomic mass is 32.2. The van der Waals surface area contributed by atoms with E-state index in [4.69, 9.17) is 8.92 Å². The first kappa shape index (κ1) is 24.2. The van der Waals surface area contributed by atoms with Crippen LogP contribution in [0.5, 0.6) is 0 Å². The standard InChI is InChI=1S/C11H21NO12S3/c1-6(13)12-8-7(5-21-25(2,15)16)22-11(14)10(24-27(4,19)20)9(8)23-26(3,17)18/h7-11,14H,5H2,1-4H3,(H,12,13)/t7-,8+,9+,10-,11+/m1/s1. The van der Waals surface area contributed by atoms with Crippen molar-refractivity contribution in [2.75, 3.05) is 25.4 Å². The van der Waals surface area contributed by atoms with Crippen molar-refractivity contribution in [2.45, 2.75) is 37.6 Å². The Balaban J connectivity index is 3.32. The summed E-state index contributed by atoms with van der Waals surface area (Å²) in [4.78, 5) is 11.5. The number of hydrogen-bond donors (Lipinski definition) is 2. The quantitative estimate of drug-likeness (QED) is 0.351. The van der Waals surface area contributed by atoms with E-state index in [1.165, 1.54) is 0 Å². The summed E-state index contributed by atoms with van der Waals surface area (Å²) in [5.74, 6) is -0.704. The van der Waals surface area contributed by atoms with Crippen molar-refractivity contribution in [3.63, 3.8) is 0 Å². The van der Waals surface area contributed by atoms with E-state index in [0.29, 0.717) is 12.5 Å². The first-order chi connectivity index (χ1) is 12.0. The molecule has 0 bridgehead atoms. The molecule has 0 aromatic carbocycles. The van der Waals surface area contributed by atoms with Crippen LogP contribution in [0, 0.1) is 0 Å². The van der Waals surface area contributed by atoms with Crippen LogP contribution in [0.2, 0.25) is 0 Å². The van der Waals surface area contributed by atoms with Gasteiger partial charge in [-0.2, -0.15) is 25.3 Å². The highest BCUT2D eigenvalue weighted by Gasteiger charge is 2.50. The minimum absolute atomic E-state index is 0.642. The van der Waals surface area contributed by atoms with Crippen molar-refractivity contribution in [3.8, 4) is 0 Å². The molecule has 0 aliphatic carbocycles. The Hall–Kier alpha value is -0.880. The Labute approximate surface area is 157 Å². The van der Waals surface area contributed by atoms with Crippen LogP contribution in [0.15, 0.2) is 0 Å². The average Bonchev–Trinajstić information content (AvgIpc) is 2.40. The lowest BCUT2D eigenvalue weighted by Gasteiger charge is -2.43. The molecule has 1 aliphatic rings. The maximum atomic E-state index is 11.6. The highest BCUT2D eigenvalue weighted by molar-refractivity contribution is 7.86. The number of carbonyl (C=O) groups is 1. The predicted molar refractivity (Wildman–Crippen MR) is 88.7 cm³/mol. The van der Waals surface area contributed by atoms with Crippen molar-refractivity contribution in [1.82, 2.24) is 5.32 Å². The minimum Gasteiger partial charge on any atom is -0.366 e. The van der Waals surface area contributed by atoms with Crippen LogP contribution in [0.4, 0.5) is 0 Å². The second-order valence-electron chi connectivity index (χ2n) is 5.81. The van der Waals surface area contributed by atoms with E-state index in [0.717, 1.165) is 13.2 Å². The fourth-order valence-electron chi connectivity index (χ4n) is 2.28. The molecule has 0 saturated carbocycles. The van der Waals surface area contributed by atoms with Gasteiger partial charge in [-0.25, -0.2) is 0 Å². The number of carbonyl (C=O) groups excluding carboxylic acids is 1. The zero-order valence-electron chi connectivity index (χ0n) is 14.8. The third kappa shape index (κ3) is 8.77. The third-order valence-electron chi connectivity index (χ3n) is 3.06. The number of aliphatic hydroxyl groups is 1.